The fourth-order valence-electron chi connectivity index (χ4n) is 2.09. The van der Waals surface area contributed by atoms with Crippen molar-refractivity contribution in [2.45, 2.75) is 6.92 Å². The lowest BCUT2D eigenvalue weighted by atomic mass is 10.1. The third-order valence-corrected chi connectivity index (χ3v) is 4.37. The number of nitrogens with one attached hydrogen (secondary N) is 3. The topological polar surface area (TPSA) is 62.6 Å². The summed E-state index contributed by atoms with van der Waals surface area (Å²) in [6, 6.07) is 11.1. The zero-order valence-electron chi connectivity index (χ0n) is 14.8. The number of benzene rings is 1. The average molecular weight is 358 g/mol. The molecule has 2 rings (SSSR count). The van der Waals surface area contributed by atoms with Crippen LogP contribution in [0.1, 0.15) is 20.8 Å². The number of hydrogen-bond donors (Lipinski definition) is 3. The molecule has 0 fully saturated rings. The van der Waals surface area contributed by atoms with E-state index in [-0.39, 0.29) is 17.5 Å². The van der Waals surface area contributed by atoms with Crippen LogP contribution in [0.25, 0.3) is 6.08 Å². The smallest absolute Gasteiger partial charge is 0.268 e. The van der Waals surface area contributed by atoms with Crippen LogP contribution in [-0.2, 0) is 4.79 Å². The van der Waals surface area contributed by atoms with Crippen LogP contribution in [0.5, 0.6) is 0 Å². The van der Waals surface area contributed by atoms with Gasteiger partial charge in [0.25, 0.3) is 11.8 Å². The Hall–Kier alpha value is -2.44. The van der Waals surface area contributed by atoms with E-state index in [1.165, 1.54) is 16.2 Å². The molecule has 0 aliphatic heterocycles. The van der Waals surface area contributed by atoms with E-state index in [0.29, 0.717) is 12.1 Å². The molecule has 0 aliphatic carbocycles. The van der Waals surface area contributed by atoms with Gasteiger partial charge in [-0.2, -0.15) is 0 Å². The summed E-state index contributed by atoms with van der Waals surface area (Å²) < 4.78 is 0. The fraction of sp³-hybridized carbons (Fsp3) is 0.263. The van der Waals surface area contributed by atoms with Crippen LogP contribution >= 0.6 is 11.3 Å². The van der Waals surface area contributed by atoms with Gasteiger partial charge in [0.2, 0.25) is 0 Å². The number of aryl methyl sites for hydroxylation is 1. The van der Waals surface area contributed by atoms with Gasteiger partial charge in [0, 0.05) is 10.4 Å². The molecule has 0 radical (unpaired) electrons. The highest BCUT2D eigenvalue weighted by Gasteiger charge is 2.15. The van der Waals surface area contributed by atoms with Crippen LogP contribution in [0.3, 0.4) is 0 Å². The third kappa shape index (κ3) is 6.17. The molecule has 0 bridgehead atoms. The van der Waals surface area contributed by atoms with Gasteiger partial charge in [-0.15, -0.1) is 11.3 Å². The highest BCUT2D eigenvalue weighted by molar-refractivity contribution is 7.10. The molecule has 1 aromatic heterocycles. The van der Waals surface area contributed by atoms with Crippen LogP contribution in [-0.4, -0.2) is 39.0 Å². The Morgan fingerprint density at radius 3 is 2.48 bits per heavy atom. The van der Waals surface area contributed by atoms with Gasteiger partial charge in [0.05, 0.1) is 27.2 Å². The summed E-state index contributed by atoms with van der Waals surface area (Å²) in [5, 5.41) is 7.52. The van der Waals surface area contributed by atoms with Crippen molar-refractivity contribution in [3.8, 4) is 0 Å². The molecular weight excluding hydrogens is 334 g/mol. The number of carbonyl (C=O) groups excluding carboxylic acids is 2. The van der Waals surface area contributed by atoms with E-state index in [9.17, 15) is 9.59 Å². The molecule has 6 heteroatoms. The maximum Gasteiger partial charge on any atom is 0.268 e. The molecule has 1 aromatic carbocycles. The second-order valence-corrected chi connectivity index (χ2v) is 7.09. The van der Waals surface area contributed by atoms with Gasteiger partial charge in [0.15, 0.2) is 0 Å². The van der Waals surface area contributed by atoms with Crippen LogP contribution < -0.4 is 15.5 Å². The molecule has 2 aromatic rings. The largest absolute Gasteiger partial charge is 0.345 e. The predicted octanol–water partition coefficient (Wildman–Crippen LogP) is 1.09. The van der Waals surface area contributed by atoms with Gasteiger partial charge < -0.3 is 15.5 Å². The molecule has 0 aliphatic rings. The molecule has 0 saturated heterocycles. The molecule has 0 unspecified atom stereocenters. The summed E-state index contributed by atoms with van der Waals surface area (Å²) in [7, 11) is 4.04. The molecular formula is C19H24N3O2S+. The maximum absolute atomic E-state index is 12.5. The molecule has 1 heterocycles. The normalized spacial score (nSPS) is 11.4. The number of carbonyl (C=O) groups is 2. The van der Waals surface area contributed by atoms with Crippen molar-refractivity contribution in [3.63, 3.8) is 0 Å². The first-order valence-electron chi connectivity index (χ1n) is 8.16. The van der Waals surface area contributed by atoms with Crippen molar-refractivity contribution in [1.29, 1.82) is 0 Å². The number of quaternary nitrogens is 1. The van der Waals surface area contributed by atoms with Crippen molar-refractivity contribution in [3.05, 3.63) is 63.5 Å². The molecule has 132 valence electrons. The maximum atomic E-state index is 12.5. The van der Waals surface area contributed by atoms with Crippen LogP contribution in [0.2, 0.25) is 0 Å². The number of likely N-dealkylation sites (N-methyl/N-ethyl adjacent to an activating group) is 1. The van der Waals surface area contributed by atoms with Crippen LogP contribution in [0.4, 0.5) is 0 Å². The van der Waals surface area contributed by atoms with Gasteiger partial charge in [0.1, 0.15) is 5.70 Å². The Bertz CT molecular complexity index is 735. The fourth-order valence-corrected chi connectivity index (χ4v) is 2.75. The minimum absolute atomic E-state index is 0.252. The summed E-state index contributed by atoms with van der Waals surface area (Å²) in [5.74, 6) is -0.577. The zero-order chi connectivity index (χ0) is 18.2. The molecule has 0 atom stereocenters. The monoisotopic (exact) mass is 358 g/mol. The van der Waals surface area contributed by atoms with Gasteiger partial charge in [-0.25, -0.2) is 0 Å². The molecule has 0 saturated carbocycles. The Morgan fingerprint density at radius 1 is 1.16 bits per heavy atom. The van der Waals surface area contributed by atoms with Crippen molar-refractivity contribution in [2.24, 2.45) is 0 Å². The van der Waals surface area contributed by atoms with Crippen molar-refractivity contribution < 1.29 is 14.5 Å². The predicted molar refractivity (Wildman–Crippen MR) is 102 cm³/mol. The molecule has 25 heavy (non-hydrogen) atoms. The minimum atomic E-state index is -0.295. The highest BCUT2D eigenvalue weighted by Crippen LogP contribution is 2.13. The van der Waals surface area contributed by atoms with E-state index in [1.807, 2.05) is 50.7 Å². The van der Waals surface area contributed by atoms with E-state index < -0.39 is 0 Å². The average Bonchev–Trinajstić information content (AvgIpc) is 3.07. The van der Waals surface area contributed by atoms with E-state index in [2.05, 4.69) is 10.6 Å². The quantitative estimate of drug-likeness (QED) is 0.649. The van der Waals surface area contributed by atoms with Crippen LogP contribution in [0, 0.1) is 6.92 Å². The highest BCUT2D eigenvalue weighted by atomic mass is 32.1. The van der Waals surface area contributed by atoms with Gasteiger partial charge in [-0.3, -0.25) is 9.59 Å². The molecule has 2 amide bonds. The summed E-state index contributed by atoms with van der Waals surface area (Å²) in [4.78, 5) is 27.1. The Labute approximate surface area is 152 Å². The zero-order valence-corrected chi connectivity index (χ0v) is 15.6. The first-order chi connectivity index (χ1) is 12.0. The van der Waals surface area contributed by atoms with E-state index >= 15 is 0 Å². The lowest BCUT2D eigenvalue weighted by Gasteiger charge is -2.12. The van der Waals surface area contributed by atoms with Gasteiger partial charge >= 0.3 is 0 Å². The van der Waals surface area contributed by atoms with Crippen LogP contribution in [0.15, 0.2) is 47.5 Å². The van der Waals surface area contributed by atoms with Gasteiger partial charge in [-0.05, 0) is 36.6 Å². The van der Waals surface area contributed by atoms with E-state index in [4.69, 9.17) is 0 Å². The Morgan fingerprint density at radius 2 is 1.88 bits per heavy atom. The van der Waals surface area contributed by atoms with Crippen molar-refractivity contribution >= 4 is 29.2 Å². The molecule has 0 spiro atoms. The molecule has 5 nitrogen and oxygen atoms in total. The standard InChI is InChI=1S/C19H23N3O2S/c1-14-6-8-15(9-7-14)18(23)21-17(13-16-5-4-12-25-16)19(24)20-10-11-22(2)3/h4-9,12-13H,10-11H2,1-3H3,(H,20,24)(H,21,23)/p+1/b17-13+. The summed E-state index contributed by atoms with van der Waals surface area (Å²) in [6.45, 7) is 3.32. The lowest BCUT2D eigenvalue weighted by molar-refractivity contribution is -0.856. The van der Waals surface area contributed by atoms with E-state index in [1.54, 1.807) is 18.2 Å². The Balaban J connectivity index is 2.12. The second kappa shape index (κ2) is 9.15. The van der Waals surface area contributed by atoms with Crippen molar-refractivity contribution in [1.82, 2.24) is 10.6 Å². The summed E-state index contributed by atoms with van der Waals surface area (Å²) in [6.07, 6.45) is 1.70. The lowest BCUT2D eigenvalue weighted by Crippen LogP contribution is -3.06. The first kappa shape index (κ1) is 18.9. The van der Waals surface area contributed by atoms with Crippen molar-refractivity contribution in [2.75, 3.05) is 27.2 Å². The number of rotatable bonds is 7. The minimum Gasteiger partial charge on any atom is -0.345 e. The number of hydrogen-bond acceptors (Lipinski definition) is 3. The van der Waals surface area contributed by atoms with E-state index in [0.717, 1.165) is 17.0 Å². The summed E-state index contributed by atoms with van der Waals surface area (Å²) >= 11 is 1.51. The van der Waals surface area contributed by atoms with Gasteiger partial charge in [-0.1, -0.05) is 23.8 Å². The summed E-state index contributed by atoms with van der Waals surface area (Å²) in [5.41, 5.74) is 1.85. The second-order valence-electron chi connectivity index (χ2n) is 6.11. The molecule has 3 N–H and O–H groups in total. The SMILES string of the molecule is Cc1ccc(C(=O)N/C(=C/c2cccs2)C(=O)NCC[NH+](C)C)cc1. The Kier molecular flexibility index (Phi) is 6.91. The first-order valence-corrected chi connectivity index (χ1v) is 9.04. The number of amides is 2. The third-order valence-electron chi connectivity index (χ3n) is 3.55. The number of thiophene rings is 1.